The van der Waals surface area contributed by atoms with Gasteiger partial charge >= 0.3 is 0 Å². The number of phenolic OH excluding ortho intramolecular Hbond substituents is 1. The highest BCUT2D eigenvalue weighted by Crippen LogP contribution is 2.18. The summed E-state index contributed by atoms with van der Waals surface area (Å²) in [7, 11) is -3.56. The van der Waals surface area contributed by atoms with Gasteiger partial charge in [-0.05, 0) is 24.3 Å². The topological polar surface area (TPSA) is 57.6 Å². The van der Waals surface area contributed by atoms with Gasteiger partial charge in [0.1, 0.15) is 5.75 Å². The van der Waals surface area contributed by atoms with Crippen molar-refractivity contribution in [3.8, 4) is 5.75 Å². The zero-order chi connectivity index (χ0) is 12.9. The Balaban J connectivity index is 3.10. The third kappa shape index (κ3) is 3.18. The molecule has 5 heteroatoms. The molecule has 0 radical (unpaired) electrons. The molecule has 0 amide bonds. The maximum Gasteiger partial charge on any atom is 0.243 e. The number of nitrogens with zero attached hydrogens (tertiary/aromatic N) is 1. The van der Waals surface area contributed by atoms with E-state index < -0.39 is 10.0 Å². The SMILES string of the molecule is C=CCN(CC=C)S(=O)(=O)c1ccc(O)cc1. The molecular weight excluding hydrogens is 238 g/mol. The van der Waals surface area contributed by atoms with Crippen LogP contribution in [-0.4, -0.2) is 30.9 Å². The molecule has 17 heavy (non-hydrogen) atoms. The minimum Gasteiger partial charge on any atom is -0.508 e. The van der Waals surface area contributed by atoms with E-state index >= 15 is 0 Å². The number of benzene rings is 1. The van der Waals surface area contributed by atoms with E-state index in [2.05, 4.69) is 13.2 Å². The first-order valence-electron chi connectivity index (χ1n) is 5.03. The van der Waals surface area contributed by atoms with Crippen LogP contribution >= 0.6 is 0 Å². The summed E-state index contributed by atoms with van der Waals surface area (Å²) in [6.07, 6.45) is 3.03. The Morgan fingerprint density at radius 1 is 1.12 bits per heavy atom. The molecule has 1 aromatic carbocycles. The van der Waals surface area contributed by atoms with Gasteiger partial charge in [0.2, 0.25) is 10.0 Å². The minimum atomic E-state index is -3.56. The molecule has 0 unspecified atom stereocenters. The predicted molar refractivity (Wildman–Crippen MR) is 67.3 cm³/mol. The second kappa shape index (κ2) is 5.65. The number of sulfonamides is 1. The molecule has 0 aromatic heterocycles. The summed E-state index contributed by atoms with van der Waals surface area (Å²) in [6, 6.07) is 5.41. The van der Waals surface area contributed by atoms with Gasteiger partial charge in [-0.2, -0.15) is 4.31 Å². The monoisotopic (exact) mass is 253 g/mol. The zero-order valence-electron chi connectivity index (χ0n) is 9.41. The molecule has 0 aliphatic rings. The van der Waals surface area contributed by atoms with Crippen LogP contribution in [0.4, 0.5) is 0 Å². The van der Waals surface area contributed by atoms with E-state index in [-0.39, 0.29) is 23.7 Å². The summed E-state index contributed by atoms with van der Waals surface area (Å²) in [5.41, 5.74) is 0. The lowest BCUT2D eigenvalue weighted by atomic mass is 10.3. The van der Waals surface area contributed by atoms with Crippen molar-refractivity contribution >= 4 is 10.0 Å². The molecule has 92 valence electrons. The minimum absolute atomic E-state index is 0.0305. The molecular formula is C12H15NO3S. The van der Waals surface area contributed by atoms with Crippen molar-refractivity contribution in [1.82, 2.24) is 4.31 Å². The Hall–Kier alpha value is -1.59. The Morgan fingerprint density at radius 2 is 1.59 bits per heavy atom. The van der Waals surface area contributed by atoms with Crippen LogP contribution in [0.5, 0.6) is 5.75 Å². The first-order chi connectivity index (χ1) is 8.02. The average Bonchev–Trinajstić information content (AvgIpc) is 2.29. The number of rotatable bonds is 6. The van der Waals surface area contributed by atoms with Crippen LogP contribution in [0.2, 0.25) is 0 Å². The van der Waals surface area contributed by atoms with Gasteiger partial charge in [-0.1, -0.05) is 12.2 Å². The molecule has 0 spiro atoms. The molecule has 0 aliphatic heterocycles. The largest absolute Gasteiger partial charge is 0.508 e. The van der Waals surface area contributed by atoms with Crippen LogP contribution in [0.15, 0.2) is 54.5 Å². The summed E-state index contributed by atoms with van der Waals surface area (Å²) >= 11 is 0. The average molecular weight is 253 g/mol. The molecule has 1 rings (SSSR count). The lowest BCUT2D eigenvalue weighted by Gasteiger charge is -2.18. The molecule has 0 fully saturated rings. The molecule has 0 aliphatic carbocycles. The maximum atomic E-state index is 12.2. The summed E-state index contributed by atoms with van der Waals surface area (Å²) in [5, 5.41) is 9.13. The van der Waals surface area contributed by atoms with Crippen LogP contribution in [0.1, 0.15) is 0 Å². The van der Waals surface area contributed by atoms with E-state index in [4.69, 9.17) is 5.11 Å². The standard InChI is InChI=1S/C12H15NO3S/c1-3-9-13(10-4-2)17(15,16)12-7-5-11(14)6-8-12/h3-8,14H,1-2,9-10H2. The van der Waals surface area contributed by atoms with Crippen molar-refractivity contribution in [2.24, 2.45) is 0 Å². The van der Waals surface area contributed by atoms with Gasteiger partial charge in [-0.25, -0.2) is 8.42 Å². The summed E-state index contributed by atoms with van der Waals surface area (Å²) in [4.78, 5) is 0.138. The predicted octanol–water partition coefficient (Wildman–Crippen LogP) is 1.75. The van der Waals surface area contributed by atoms with Gasteiger partial charge < -0.3 is 5.11 Å². The molecule has 1 aromatic rings. The van der Waals surface area contributed by atoms with Crippen LogP contribution in [-0.2, 0) is 10.0 Å². The van der Waals surface area contributed by atoms with E-state index in [9.17, 15) is 8.42 Å². The first-order valence-corrected chi connectivity index (χ1v) is 6.47. The lowest BCUT2D eigenvalue weighted by Crippen LogP contribution is -2.31. The molecule has 1 N–H and O–H groups in total. The summed E-state index contributed by atoms with van der Waals surface area (Å²) in [5.74, 6) is 0.0305. The van der Waals surface area contributed by atoms with Gasteiger partial charge in [0.25, 0.3) is 0 Å². The van der Waals surface area contributed by atoms with E-state index in [1.165, 1.54) is 40.7 Å². The van der Waals surface area contributed by atoms with Crippen molar-refractivity contribution in [3.05, 3.63) is 49.6 Å². The highest BCUT2D eigenvalue weighted by Gasteiger charge is 2.21. The van der Waals surface area contributed by atoms with Crippen LogP contribution in [0.3, 0.4) is 0 Å². The van der Waals surface area contributed by atoms with Gasteiger partial charge in [0.15, 0.2) is 0 Å². The van der Waals surface area contributed by atoms with Crippen molar-refractivity contribution in [2.75, 3.05) is 13.1 Å². The smallest absolute Gasteiger partial charge is 0.243 e. The normalized spacial score (nSPS) is 11.4. The molecule has 0 heterocycles. The second-order valence-corrected chi connectivity index (χ2v) is 5.33. The third-order valence-corrected chi connectivity index (χ3v) is 3.99. The van der Waals surface area contributed by atoms with Gasteiger partial charge in [-0.3, -0.25) is 0 Å². The van der Waals surface area contributed by atoms with Crippen molar-refractivity contribution in [2.45, 2.75) is 4.90 Å². The first kappa shape index (κ1) is 13.5. The molecule has 0 saturated carbocycles. The van der Waals surface area contributed by atoms with Gasteiger partial charge in [0, 0.05) is 13.1 Å². The number of phenols is 1. The second-order valence-electron chi connectivity index (χ2n) is 3.39. The Labute approximate surface area is 102 Å². The van der Waals surface area contributed by atoms with Crippen molar-refractivity contribution < 1.29 is 13.5 Å². The van der Waals surface area contributed by atoms with E-state index in [0.717, 1.165) is 0 Å². The number of aromatic hydroxyl groups is 1. The van der Waals surface area contributed by atoms with Crippen molar-refractivity contribution in [3.63, 3.8) is 0 Å². The van der Waals surface area contributed by atoms with E-state index in [1.807, 2.05) is 0 Å². The van der Waals surface area contributed by atoms with Crippen LogP contribution < -0.4 is 0 Å². The fourth-order valence-corrected chi connectivity index (χ4v) is 2.71. The Kier molecular flexibility index (Phi) is 4.48. The zero-order valence-corrected chi connectivity index (χ0v) is 10.2. The highest BCUT2D eigenvalue weighted by molar-refractivity contribution is 7.89. The van der Waals surface area contributed by atoms with Crippen molar-refractivity contribution in [1.29, 1.82) is 0 Å². The summed E-state index contributed by atoms with van der Waals surface area (Å²) in [6.45, 7) is 7.48. The molecule has 0 bridgehead atoms. The summed E-state index contributed by atoms with van der Waals surface area (Å²) < 4.78 is 25.6. The third-order valence-electron chi connectivity index (χ3n) is 2.14. The quantitative estimate of drug-likeness (QED) is 0.786. The van der Waals surface area contributed by atoms with Gasteiger partial charge in [-0.15, -0.1) is 13.2 Å². The Bertz CT molecular complexity index is 481. The van der Waals surface area contributed by atoms with E-state index in [1.54, 1.807) is 0 Å². The maximum absolute atomic E-state index is 12.2. The van der Waals surface area contributed by atoms with Gasteiger partial charge in [0.05, 0.1) is 4.90 Å². The van der Waals surface area contributed by atoms with Crippen LogP contribution in [0.25, 0.3) is 0 Å². The fraction of sp³-hybridized carbons (Fsp3) is 0.167. The molecule has 4 nitrogen and oxygen atoms in total. The number of hydrogen-bond donors (Lipinski definition) is 1. The molecule has 0 saturated heterocycles. The molecule has 0 atom stereocenters. The Morgan fingerprint density at radius 3 is 2.00 bits per heavy atom. The van der Waals surface area contributed by atoms with Crippen LogP contribution in [0, 0.1) is 0 Å². The fourth-order valence-electron chi connectivity index (χ4n) is 1.33. The highest BCUT2D eigenvalue weighted by atomic mass is 32.2. The lowest BCUT2D eigenvalue weighted by molar-refractivity contribution is 0.470. The number of hydrogen-bond acceptors (Lipinski definition) is 3. The van der Waals surface area contributed by atoms with E-state index in [0.29, 0.717) is 0 Å².